The number of H-pyrrole nitrogens is 1. The van der Waals surface area contributed by atoms with E-state index in [1.165, 1.54) is 0 Å². The van der Waals surface area contributed by atoms with Crippen LogP contribution in [-0.4, -0.2) is 15.0 Å². The van der Waals surface area contributed by atoms with Crippen LogP contribution in [0.15, 0.2) is 47.5 Å². The highest BCUT2D eigenvalue weighted by Gasteiger charge is 2.05. The first-order chi connectivity index (χ1) is 8.74. The van der Waals surface area contributed by atoms with Gasteiger partial charge in [0.15, 0.2) is 0 Å². The number of aromatic amines is 1. The van der Waals surface area contributed by atoms with E-state index in [4.69, 9.17) is 0 Å². The first-order valence-electron chi connectivity index (χ1n) is 5.65. The summed E-state index contributed by atoms with van der Waals surface area (Å²) in [5, 5.41) is 0.557. The molecule has 1 aromatic carbocycles. The van der Waals surface area contributed by atoms with Crippen LogP contribution in [0.4, 0.5) is 0 Å². The van der Waals surface area contributed by atoms with E-state index in [9.17, 15) is 4.79 Å². The van der Waals surface area contributed by atoms with Gasteiger partial charge in [0.2, 0.25) is 0 Å². The largest absolute Gasteiger partial charge is 0.306 e. The highest BCUT2D eigenvalue weighted by atomic mass is 16.1. The normalized spacial score (nSPS) is 10.7. The Morgan fingerprint density at radius 2 is 2.11 bits per heavy atom. The third-order valence-electron chi connectivity index (χ3n) is 2.80. The van der Waals surface area contributed by atoms with Gasteiger partial charge in [-0.1, -0.05) is 23.8 Å². The number of rotatable bonds is 1. The van der Waals surface area contributed by atoms with Crippen LogP contribution in [0.1, 0.15) is 5.56 Å². The molecule has 0 spiro atoms. The third kappa shape index (κ3) is 1.78. The van der Waals surface area contributed by atoms with Crippen LogP contribution in [-0.2, 0) is 0 Å². The Bertz CT molecular complexity index is 777. The lowest BCUT2D eigenvalue weighted by Crippen LogP contribution is -2.09. The average Bonchev–Trinajstić information content (AvgIpc) is 2.39. The predicted octanol–water partition coefficient (Wildman–Crippen LogP) is 2.29. The monoisotopic (exact) mass is 237 g/mol. The molecule has 0 unspecified atom stereocenters. The van der Waals surface area contributed by atoms with Crippen molar-refractivity contribution in [2.45, 2.75) is 6.92 Å². The van der Waals surface area contributed by atoms with Crippen LogP contribution in [0.2, 0.25) is 0 Å². The van der Waals surface area contributed by atoms with E-state index < -0.39 is 0 Å². The Labute approximate surface area is 103 Å². The Kier molecular flexibility index (Phi) is 2.41. The number of fused-ring (bicyclic) bond motifs is 1. The van der Waals surface area contributed by atoms with Crippen molar-refractivity contribution in [2.24, 2.45) is 0 Å². The number of aromatic nitrogens is 3. The van der Waals surface area contributed by atoms with Gasteiger partial charge < -0.3 is 4.98 Å². The summed E-state index contributed by atoms with van der Waals surface area (Å²) in [6.45, 7) is 2.00. The first kappa shape index (κ1) is 10.7. The number of nitrogens with one attached hydrogen (secondary N) is 1. The zero-order valence-corrected chi connectivity index (χ0v) is 9.84. The molecular weight excluding hydrogens is 226 g/mol. The molecule has 0 aliphatic heterocycles. The molecule has 2 aromatic heterocycles. The van der Waals surface area contributed by atoms with Crippen molar-refractivity contribution in [2.75, 3.05) is 0 Å². The molecule has 0 amide bonds. The fourth-order valence-corrected chi connectivity index (χ4v) is 1.92. The Morgan fingerprint density at radius 1 is 1.22 bits per heavy atom. The van der Waals surface area contributed by atoms with E-state index >= 15 is 0 Å². The summed E-state index contributed by atoms with van der Waals surface area (Å²) in [4.78, 5) is 23.2. The molecule has 2 heterocycles. The molecule has 0 bridgehead atoms. The Hall–Kier alpha value is -2.49. The van der Waals surface area contributed by atoms with Gasteiger partial charge in [-0.25, -0.2) is 4.98 Å². The summed E-state index contributed by atoms with van der Waals surface area (Å²) in [5.41, 5.74) is 2.50. The van der Waals surface area contributed by atoms with Crippen molar-refractivity contribution in [3.8, 4) is 11.4 Å². The number of nitrogens with zero attached hydrogens (tertiary/aromatic N) is 2. The molecule has 4 nitrogen and oxygen atoms in total. The number of benzene rings is 1. The van der Waals surface area contributed by atoms with Crippen LogP contribution in [0.25, 0.3) is 22.3 Å². The highest BCUT2D eigenvalue weighted by Crippen LogP contribution is 2.16. The van der Waals surface area contributed by atoms with Gasteiger partial charge in [-0.05, 0) is 19.1 Å². The van der Waals surface area contributed by atoms with Crippen molar-refractivity contribution in [3.05, 3.63) is 58.6 Å². The minimum atomic E-state index is -0.140. The van der Waals surface area contributed by atoms with Gasteiger partial charge in [0.1, 0.15) is 5.82 Å². The van der Waals surface area contributed by atoms with E-state index in [0.29, 0.717) is 16.7 Å². The number of aryl methyl sites for hydroxylation is 1. The standard InChI is InChI=1S/C14H11N3O/c1-9-3-2-4-10(7-9)13-16-12-8-15-6-5-11(12)14(18)17-13/h2-8H,1H3,(H,16,17,18). The zero-order chi connectivity index (χ0) is 12.5. The molecule has 4 heteroatoms. The minimum Gasteiger partial charge on any atom is -0.306 e. The summed E-state index contributed by atoms with van der Waals surface area (Å²) in [6.07, 6.45) is 3.19. The summed E-state index contributed by atoms with van der Waals surface area (Å²) < 4.78 is 0. The van der Waals surface area contributed by atoms with Crippen LogP contribution >= 0.6 is 0 Å². The van der Waals surface area contributed by atoms with Crippen LogP contribution in [0, 0.1) is 6.92 Å². The lowest BCUT2D eigenvalue weighted by molar-refractivity contribution is 1.16. The number of pyridine rings is 1. The van der Waals surface area contributed by atoms with Gasteiger partial charge in [-0.2, -0.15) is 0 Å². The molecule has 88 valence electrons. The van der Waals surface area contributed by atoms with Gasteiger partial charge in [0.25, 0.3) is 5.56 Å². The van der Waals surface area contributed by atoms with Crippen LogP contribution in [0.5, 0.6) is 0 Å². The van der Waals surface area contributed by atoms with E-state index in [2.05, 4.69) is 15.0 Å². The SMILES string of the molecule is Cc1cccc(-c2nc3cnccc3c(=O)[nH]2)c1. The molecule has 1 N–H and O–H groups in total. The van der Waals surface area contributed by atoms with Crippen molar-refractivity contribution in [3.63, 3.8) is 0 Å². The van der Waals surface area contributed by atoms with Gasteiger partial charge in [-0.3, -0.25) is 9.78 Å². The zero-order valence-electron chi connectivity index (χ0n) is 9.84. The Balaban J connectivity index is 2.28. The van der Waals surface area contributed by atoms with Crippen molar-refractivity contribution in [1.82, 2.24) is 15.0 Å². The maximum Gasteiger partial charge on any atom is 0.259 e. The molecule has 3 aromatic rings. The number of hydrogen-bond donors (Lipinski definition) is 1. The van der Waals surface area contributed by atoms with Gasteiger partial charge in [-0.15, -0.1) is 0 Å². The predicted molar refractivity (Wildman–Crippen MR) is 70.3 cm³/mol. The van der Waals surface area contributed by atoms with Crippen LogP contribution < -0.4 is 5.56 Å². The molecule has 0 aliphatic rings. The van der Waals surface area contributed by atoms with Crippen molar-refractivity contribution < 1.29 is 0 Å². The molecule has 0 aliphatic carbocycles. The Morgan fingerprint density at radius 3 is 2.94 bits per heavy atom. The third-order valence-corrected chi connectivity index (χ3v) is 2.80. The summed E-state index contributed by atoms with van der Waals surface area (Å²) in [5.74, 6) is 0.573. The fraction of sp³-hybridized carbons (Fsp3) is 0.0714. The maximum absolute atomic E-state index is 11.9. The molecule has 18 heavy (non-hydrogen) atoms. The molecule has 0 atom stereocenters. The summed E-state index contributed by atoms with van der Waals surface area (Å²) >= 11 is 0. The van der Waals surface area contributed by atoms with E-state index in [1.807, 2.05) is 31.2 Å². The lowest BCUT2D eigenvalue weighted by atomic mass is 10.1. The van der Waals surface area contributed by atoms with Gasteiger partial charge in [0.05, 0.1) is 17.1 Å². The summed E-state index contributed by atoms with van der Waals surface area (Å²) in [6, 6.07) is 9.53. The van der Waals surface area contributed by atoms with E-state index in [0.717, 1.165) is 11.1 Å². The van der Waals surface area contributed by atoms with Gasteiger partial charge in [0, 0.05) is 11.8 Å². The topological polar surface area (TPSA) is 58.6 Å². The first-order valence-corrected chi connectivity index (χ1v) is 5.65. The van der Waals surface area contributed by atoms with Crippen molar-refractivity contribution >= 4 is 10.9 Å². The van der Waals surface area contributed by atoms with Crippen molar-refractivity contribution in [1.29, 1.82) is 0 Å². The molecular formula is C14H11N3O. The second-order valence-corrected chi connectivity index (χ2v) is 4.18. The maximum atomic E-state index is 11.9. The molecule has 0 fully saturated rings. The molecule has 0 saturated heterocycles. The minimum absolute atomic E-state index is 0.140. The molecule has 0 radical (unpaired) electrons. The van der Waals surface area contributed by atoms with Gasteiger partial charge >= 0.3 is 0 Å². The second-order valence-electron chi connectivity index (χ2n) is 4.18. The molecule has 3 rings (SSSR count). The van der Waals surface area contributed by atoms with Crippen LogP contribution in [0.3, 0.4) is 0 Å². The van der Waals surface area contributed by atoms with E-state index in [1.54, 1.807) is 18.5 Å². The second kappa shape index (κ2) is 4.07. The smallest absolute Gasteiger partial charge is 0.259 e. The quantitative estimate of drug-likeness (QED) is 0.706. The average molecular weight is 237 g/mol. The van der Waals surface area contributed by atoms with E-state index in [-0.39, 0.29) is 5.56 Å². The fourth-order valence-electron chi connectivity index (χ4n) is 1.92. The lowest BCUT2D eigenvalue weighted by Gasteiger charge is -2.03. The summed E-state index contributed by atoms with van der Waals surface area (Å²) in [7, 11) is 0. The number of hydrogen-bond acceptors (Lipinski definition) is 3. The molecule has 0 saturated carbocycles. The highest BCUT2D eigenvalue weighted by molar-refractivity contribution is 5.78.